The number of halogens is 4. The number of carbonyl (C=O) groups excluding carboxylic acids is 1. The second kappa shape index (κ2) is 12.4. The number of rotatable bonds is 7. The molecular formula is C27H29BrF3N5O6. The van der Waals surface area contributed by atoms with Gasteiger partial charge >= 0.3 is 0 Å². The smallest absolute Gasteiger partial charge is 0.259 e. The summed E-state index contributed by atoms with van der Waals surface area (Å²) in [6, 6.07) is 5.03. The molecule has 0 radical (unpaired) electrons. The molecule has 2 fully saturated rings. The summed E-state index contributed by atoms with van der Waals surface area (Å²) in [5.41, 5.74) is 1.16. The van der Waals surface area contributed by atoms with Crippen molar-refractivity contribution in [2.75, 3.05) is 31.7 Å². The lowest BCUT2D eigenvalue weighted by atomic mass is 9.91. The molecule has 5 rings (SSSR count). The summed E-state index contributed by atoms with van der Waals surface area (Å²) in [6.45, 7) is 1.73. The number of β-amino-alcohol motifs (C(OH)–C–C–N with tert-alkyl or cyclic N) is 1. The molecule has 3 aromatic rings. The zero-order valence-corrected chi connectivity index (χ0v) is 24.1. The molecule has 0 saturated carbocycles. The van der Waals surface area contributed by atoms with Gasteiger partial charge in [-0.3, -0.25) is 4.79 Å². The van der Waals surface area contributed by atoms with Crippen molar-refractivity contribution >= 4 is 27.5 Å². The summed E-state index contributed by atoms with van der Waals surface area (Å²) in [6.07, 6.45) is -4.97. The predicted octanol–water partition coefficient (Wildman–Crippen LogP) is 1.48. The van der Waals surface area contributed by atoms with E-state index in [1.165, 1.54) is 18.2 Å². The molecule has 0 spiro atoms. The third-order valence-electron chi connectivity index (χ3n) is 7.50. The van der Waals surface area contributed by atoms with E-state index in [-0.39, 0.29) is 24.3 Å². The molecule has 2 aliphatic heterocycles. The number of ether oxygens (including phenoxy) is 2. The Kier molecular flexibility index (Phi) is 8.99. The minimum absolute atomic E-state index is 0.0452. The first-order chi connectivity index (χ1) is 20.0. The number of carbonyl (C=O) groups is 1. The molecule has 7 atom stereocenters. The van der Waals surface area contributed by atoms with Crippen molar-refractivity contribution in [3.8, 4) is 11.3 Å². The maximum atomic E-state index is 14.3. The Bertz CT molecular complexity index is 1420. The molecule has 1 amide bonds. The number of aryl methyl sites for hydroxylation is 1. The Hall–Kier alpha value is -2.92. The quantitative estimate of drug-likeness (QED) is 0.279. The standard InChI is InChI=1S/C27H29BrF3N5O6/c1-12-3-14(28)7-15(4-12)36(19-8-32-9-20(19)38)27(40)26-25(41-2)23(24(39)21(11-37)42-26)35-10-18(33-34-35)13-5-16(29)22(31)17(30)6-13/h3-7,10,19-21,23-26,32,37-39H,8-9,11H2,1-2H3/t19-,20-,21-,23+,24+,25-,26-/m1/s1. The van der Waals surface area contributed by atoms with Gasteiger partial charge in [0.05, 0.1) is 24.9 Å². The first kappa shape index (κ1) is 30.5. The van der Waals surface area contributed by atoms with Gasteiger partial charge in [0.2, 0.25) is 0 Å². The predicted molar refractivity (Wildman–Crippen MR) is 146 cm³/mol. The number of nitrogens with zero attached hydrogens (tertiary/aromatic N) is 4. The van der Waals surface area contributed by atoms with E-state index in [1.807, 2.05) is 13.0 Å². The van der Waals surface area contributed by atoms with Crippen LogP contribution < -0.4 is 10.2 Å². The minimum atomic E-state index is -1.63. The van der Waals surface area contributed by atoms with E-state index in [0.717, 1.165) is 22.4 Å². The van der Waals surface area contributed by atoms with Crippen LogP contribution in [0.15, 0.2) is 41.0 Å². The number of nitrogens with one attached hydrogen (secondary N) is 1. The molecule has 42 heavy (non-hydrogen) atoms. The van der Waals surface area contributed by atoms with Crippen molar-refractivity contribution in [2.24, 2.45) is 0 Å². The van der Waals surface area contributed by atoms with Crippen LogP contribution in [0.4, 0.5) is 18.9 Å². The van der Waals surface area contributed by atoms with Gasteiger partial charge < -0.3 is 35.0 Å². The van der Waals surface area contributed by atoms with E-state index < -0.39 is 72.6 Å². The summed E-state index contributed by atoms with van der Waals surface area (Å²) in [7, 11) is 1.30. The maximum Gasteiger partial charge on any atom is 0.259 e. The Labute approximate surface area is 247 Å². The zero-order chi connectivity index (χ0) is 30.3. The van der Waals surface area contributed by atoms with Crippen LogP contribution in [0.3, 0.4) is 0 Å². The fraction of sp³-hybridized carbons (Fsp3) is 0.444. The number of hydrogen-bond donors (Lipinski definition) is 4. The third-order valence-corrected chi connectivity index (χ3v) is 7.96. The Morgan fingerprint density at radius 2 is 1.90 bits per heavy atom. The van der Waals surface area contributed by atoms with Crippen molar-refractivity contribution in [1.82, 2.24) is 20.3 Å². The lowest BCUT2D eigenvalue weighted by Gasteiger charge is -2.45. The van der Waals surface area contributed by atoms with Crippen LogP contribution in [0, 0.1) is 24.4 Å². The first-order valence-electron chi connectivity index (χ1n) is 13.1. The van der Waals surface area contributed by atoms with Crippen LogP contribution in [0.25, 0.3) is 11.3 Å². The highest BCUT2D eigenvalue weighted by molar-refractivity contribution is 9.10. The monoisotopic (exact) mass is 655 g/mol. The van der Waals surface area contributed by atoms with Gasteiger partial charge in [-0.15, -0.1) is 5.10 Å². The molecule has 4 N–H and O–H groups in total. The number of hydrogen-bond acceptors (Lipinski definition) is 9. The molecule has 0 unspecified atom stereocenters. The van der Waals surface area contributed by atoms with E-state index in [2.05, 4.69) is 31.6 Å². The van der Waals surface area contributed by atoms with Gasteiger partial charge in [0.15, 0.2) is 23.6 Å². The summed E-state index contributed by atoms with van der Waals surface area (Å²) >= 11 is 3.45. The number of benzene rings is 2. The van der Waals surface area contributed by atoms with Crippen molar-refractivity contribution in [1.29, 1.82) is 0 Å². The molecule has 0 bridgehead atoms. The lowest BCUT2D eigenvalue weighted by molar-refractivity contribution is -0.211. The number of aliphatic hydroxyl groups excluding tert-OH is 3. The zero-order valence-electron chi connectivity index (χ0n) is 22.5. The number of anilines is 1. The number of methoxy groups -OCH3 is 1. The Balaban J connectivity index is 1.54. The van der Waals surface area contributed by atoms with E-state index in [9.17, 15) is 33.3 Å². The van der Waals surface area contributed by atoms with Gasteiger partial charge in [-0.2, -0.15) is 0 Å². The number of aromatic nitrogens is 3. The van der Waals surface area contributed by atoms with Crippen molar-refractivity contribution < 1.29 is 42.8 Å². The van der Waals surface area contributed by atoms with Crippen molar-refractivity contribution in [3.05, 3.63) is 64.0 Å². The fourth-order valence-corrected chi connectivity index (χ4v) is 6.10. The van der Waals surface area contributed by atoms with Crippen LogP contribution in [-0.4, -0.2) is 99.6 Å². The molecule has 2 aromatic carbocycles. The minimum Gasteiger partial charge on any atom is -0.394 e. The van der Waals surface area contributed by atoms with Gasteiger partial charge in [0.1, 0.15) is 30.0 Å². The van der Waals surface area contributed by atoms with Crippen LogP contribution in [-0.2, 0) is 14.3 Å². The average molecular weight is 656 g/mol. The van der Waals surface area contributed by atoms with Gasteiger partial charge in [-0.25, -0.2) is 17.9 Å². The molecule has 15 heteroatoms. The molecule has 0 aliphatic carbocycles. The molecule has 11 nitrogen and oxygen atoms in total. The summed E-state index contributed by atoms with van der Waals surface area (Å²) < 4.78 is 54.7. The molecule has 226 valence electrons. The second-order valence-corrected chi connectivity index (χ2v) is 11.2. The van der Waals surface area contributed by atoms with Crippen LogP contribution in [0.2, 0.25) is 0 Å². The number of aliphatic hydroxyl groups is 3. The molecule has 1 aromatic heterocycles. The van der Waals surface area contributed by atoms with Crippen LogP contribution in [0.5, 0.6) is 0 Å². The van der Waals surface area contributed by atoms with Crippen LogP contribution >= 0.6 is 15.9 Å². The summed E-state index contributed by atoms with van der Waals surface area (Å²) in [5.74, 6) is -5.08. The van der Waals surface area contributed by atoms with Crippen molar-refractivity contribution in [2.45, 2.75) is 49.5 Å². The SMILES string of the molecule is CO[C@@H]1[C@@H](n2cc(-c3cc(F)c(F)c(F)c3)nn2)[C@@H](O)[C@@H](CO)O[C@H]1C(=O)N(c1cc(C)cc(Br)c1)[C@@H]1CNC[C@H]1O. The Morgan fingerprint density at radius 3 is 2.50 bits per heavy atom. The van der Waals surface area contributed by atoms with E-state index in [4.69, 9.17) is 9.47 Å². The van der Waals surface area contributed by atoms with Gasteiger partial charge in [0.25, 0.3) is 5.91 Å². The lowest BCUT2D eigenvalue weighted by Crippen LogP contribution is -2.63. The van der Waals surface area contributed by atoms with Crippen molar-refractivity contribution in [3.63, 3.8) is 0 Å². The van der Waals surface area contributed by atoms with E-state index >= 15 is 0 Å². The van der Waals surface area contributed by atoms with Gasteiger partial charge in [-0.1, -0.05) is 21.1 Å². The van der Waals surface area contributed by atoms with E-state index in [0.29, 0.717) is 10.2 Å². The Morgan fingerprint density at radius 1 is 1.19 bits per heavy atom. The van der Waals surface area contributed by atoms with E-state index in [1.54, 1.807) is 12.1 Å². The largest absolute Gasteiger partial charge is 0.394 e. The van der Waals surface area contributed by atoms with Gasteiger partial charge in [-0.05, 0) is 42.8 Å². The topological polar surface area (TPSA) is 142 Å². The molecule has 2 saturated heterocycles. The molecule has 2 aliphatic rings. The van der Waals surface area contributed by atoms with Crippen LogP contribution in [0.1, 0.15) is 11.6 Å². The number of amides is 1. The second-order valence-electron chi connectivity index (χ2n) is 10.3. The van der Waals surface area contributed by atoms with Gasteiger partial charge in [0, 0.05) is 35.9 Å². The highest BCUT2D eigenvalue weighted by atomic mass is 79.9. The summed E-state index contributed by atoms with van der Waals surface area (Å²) in [4.78, 5) is 15.8. The fourth-order valence-electron chi connectivity index (χ4n) is 5.51. The molecule has 3 heterocycles. The average Bonchev–Trinajstić information content (AvgIpc) is 3.60. The highest BCUT2D eigenvalue weighted by Gasteiger charge is 2.52. The summed E-state index contributed by atoms with van der Waals surface area (Å²) in [5, 5.41) is 43.0. The normalized spacial score (nSPS) is 27.8. The first-order valence-corrected chi connectivity index (χ1v) is 13.9. The highest BCUT2D eigenvalue weighted by Crippen LogP contribution is 2.36. The molecular weight excluding hydrogens is 627 g/mol. The maximum absolute atomic E-state index is 14.3. The third kappa shape index (κ3) is 5.69.